The smallest absolute Gasteiger partial charge is 0.298 e. The molecule has 6 rings (SSSR count). The Morgan fingerprint density at radius 2 is 1.13 bits per heavy atom. The molecule has 0 bridgehead atoms. The Bertz CT molecular complexity index is 1920. The van der Waals surface area contributed by atoms with Crippen molar-refractivity contribution in [3.63, 3.8) is 0 Å². The van der Waals surface area contributed by atoms with Gasteiger partial charge in [-0.25, -0.2) is 19.0 Å². The number of rotatable bonds is 6. The minimum Gasteiger partial charge on any atom is -0.298 e. The number of hydrogen-bond acceptors (Lipinski definition) is 11. The van der Waals surface area contributed by atoms with E-state index in [2.05, 4.69) is 49.7 Å². The molecule has 0 atom stereocenters. The van der Waals surface area contributed by atoms with E-state index in [1.54, 1.807) is 27.5 Å². The summed E-state index contributed by atoms with van der Waals surface area (Å²) < 4.78 is 36.7. The molecule has 0 aliphatic rings. The first kappa shape index (κ1) is 35.1. The van der Waals surface area contributed by atoms with E-state index in [0.717, 1.165) is 64.1 Å². The highest BCUT2D eigenvalue weighted by Crippen LogP contribution is 2.22. The van der Waals surface area contributed by atoms with Gasteiger partial charge in [-0.1, -0.05) is 26.5 Å². The van der Waals surface area contributed by atoms with Crippen molar-refractivity contribution in [2.75, 3.05) is 0 Å². The van der Waals surface area contributed by atoms with Gasteiger partial charge < -0.3 is 0 Å². The number of aromatic nitrogens is 8. The lowest BCUT2D eigenvalue weighted by Gasteiger charge is -2.04. The van der Waals surface area contributed by atoms with Gasteiger partial charge in [-0.05, 0) is 90.9 Å². The van der Waals surface area contributed by atoms with E-state index in [-0.39, 0.29) is 0 Å². The number of fused-ring (bicyclic) bond motifs is 2. The molecule has 0 N–H and O–H groups in total. The first-order valence-electron chi connectivity index (χ1n) is 13.8. The minimum atomic E-state index is -0.750. The van der Waals surface area contributed by atoms with Crippen molar-refractivity contribution in [1.29, 1.82) is 0 Å². The fourth-order valence-corrected chi connectivity index (χ4v) is 4.34. The van der Waals surface area contributed by atoms with Crippen LogP contribution in [0.15, 0.2) is 67.8 Å². The zero-order valence-electron chi connectivity index (χ0n) is 25.5. The van der Waals surface area contributed by atoms with Gasteiger partial charge in [0.25, 0.3) is 0 Å². The van der Waals surface area contributed by atoms with Crippen molar-refractivity contribution in [3.8, 4) is 23.0 Å². The number of aryl methyl sites for hydroxylation is 4. The van der Waals surface area contributed by atoms with E-state index in [1.165, 1.54) is 5.56 Å². The molecule has 236 valence electrons. The van der Waals surface area contributed by atoms with E-state index in [0.29, 0.717) is 17.2 Å². The number of aldehydes is 1. The SMILES string of the molecule is C=Cc1cnc(-c2nc3cc(C)ccn3n2)c(CC)c1.CCc1cc(C=O)cnc1-c1nc2cc(C)ccn2n1.O=S=O.O=S=O. The average molecular weight is 659 g/mol. The topological polar surface area (TPSA) is 172 Å². The summed E-state index contributed by atoms with van der Waals surface area (Å²) in [5.74, 6) is 1.26. The lowest BCUT2D eigenvalue weighted by molar-refractivity contribution is 0.112. The third kappa shape index (κ3) is 8.83. The van der Waals surface area contributed by atoms with Crippen LogP contribution < -0.4 is 0 Å². The predicted molar refractivity (Wildman–Crippen MR) is 174 cm³/mol. The van der Waals surface area contributed by atoms with Gasteiger partial charge in [-0.3, -0.25) is 14.8 Å². The van der Waals surface area contributed by atoms with E-state index in [4.69, 9.17) is 16.8 Å². The van der Waals surface area contributed by atoms with Crippen molar-refractivity contribution in [3.05, 3.63) is 101 Å². The number of pyridine rings is 4. The molecule has 6 aromatic heterocycles. The van der Waals surface area contributed by atoms with Gasteiger partial charge in [0.05, 0.1) is 0 Å². The molecule has 0 unspecified atom stereocenters. The third-order valence-corrected chi connectivity index (χ3v) is 6.52. The molecule has 0 amide bonds. The fraction of sp³-hybridized carbons (Fsp3) is 0.194. The summed E-state index contributed by atoms with van der Waals surface area (Å²) in [5.41, 5.74) is 9.23. The second-order valence-corrected chi connectivity index (χ2v) is 9.87. The summed E-state index contributed by atoms with van der Waals surface area (Å²) in [4.78, 5) is 28.7. The molecule has 0 saturated carbocycles. The molecule has 0 spiro atoms. The van der Waals surface area contributed by atoms with Crippen molar-refractivity contribution in [2.45, 2.75) is 40.5 Å². The van der Waals surface area contributed by atoms with Crippen LogP contribution in [0.4, 0.5) is 0 Å². The van der Waals surface area contributed by atoms with Crippen LogP contribution in [0.25, 0.3) is 40.4 Å². The molecule has 0 aliphatic carbocycles. The van der Waals surface area contributed by atoms with Gasteiger partial charge >= 0.3 is 23.1 Å². The number of hydrogen-bond donors (Lipinski definition) is 0. The average Bonchev–Trinajstić information content (AvgIpc) is 3.68. The molecule has 0 radical (unpaired) electrons. The Labute approximate surface area is 271 Å². The van der Waals surface area contributed by atoms with Crippen LogP contribution in [0.3, 0.4) is 0 Å². The summed E-state index contributed by atoms with van der Waals surface area (Å²) in [6.45, 7) is 12.0. The highest BCUT2D eigenvalue weighted by Gasteiger charge is 2.14. The molecule has 15 heteroatoms. The summed E-state index contributed by atoms with van der Waals surface area (Å²) in [6.07, 6.45) is 11.4. The van der Waals surface area contributed by atoms with Crippen molar-refractivity contribution in [1.82, 2.24) is 39.2 Å². The van der Waals surface area contributed by atoms with E-state index in [1.807, 2.05) is 63.5 Å². The zero-order valence-corrected chi connectivity index (χ0v) is 27.1. The standard InChI is InChI=1S/C16H16N4.C15H14N4O.2O2S/c1-4-12-9-13(5-2)15(17-10-12)16-18-14-8-11(3)6-7-20(14)19-16;1-3-12-7-11(9-20)8-16-14(12)15-17-13-6-10(2)4-5-19(13)18-15;2*1-3-2/h4,6-10H,1,5H2,2-3H3;4-9H,3H2,1-2H3;;. The number of nitrogens with zero attached hydrogens (tertiary/aromatic N) is 8. The van der Waals surface area contributed by atoms with Crippen molar-refractivity contribution in [2.24, 2.45) is 0 Å². The fourth-order valence-electron chi connectivity index (χ4n) is 4.34. The van der Waals surface area contributed by atoms with Crippen LogP contribution in [0.2, 0.25) is 0 Å². The Morgan fingerprint density at radius 1 is 0.717 bits per heavy atom. The maximum Gasteiger partial charge on any atom is 0.335 e. The zero-order chi connectivity index (χ0) is 33.6. The van der Waals surface area contributed by atoms with Crippen LogP contribution in [0, 0.1) is 13.8 Å². The van der Waals surface area contributed by atoms with Gasteiger partial charge in [0.15, 0.2) is 17.6 Å². The first-order chi connectivity index (χ1) is 22.2. The Kier molecular flexibility index (Phi) is 13.1. The van der Waals surface area contributed by atoms with Gasteiger partial charge in [0, 0.05) is 30.4 Å². The van der Waals surface area contributed by atoms with Crippen molar-refractivity contribution >= 4 is 46.8 Å². The maximum atomic E-state index is 10.8. The quantitative estimate of drug-likeness (QED) is 0.232. The molecule has 0 fully saturated rings. The molecule has 46 heavy (non-hydrogen) atoms. The Hall–Kier alpha value is -5.41. The van der Waals surface area contributed by atoms with Crippen LogP contribution >= 0.6 is 0 Å². The molecule has 0 aromatic carbocycles. The van der Waals surface area contributed by atoms with Gasteiger partial charge in [-0.2, -0.15) is 16.8 Å². The lowest BCUT2D eigenvalue weighted by atomic mass is 10.1. The normalized spacial score (nSPS) is 10.0. The molecular weight excluding hydrogens is 629 g/mol. The summed E-state index contributed by atoms with van der Waals surface area (Å²) in [5, 5.41) is 8.95. The molecule has 6 aromatic rings. The molecule has 0 saturated heterocycles. The van der Waals surface area contributed by atoms with Crippen LogP contribution in [-0.2, 0) is 36.0 Å². The second-order valence-electron chi connectivity index (χ2n) is 9.60. The lowest BCUT2D eigenvalue weighted by Crippen LogP contribution is -1.96. The van der Waals surface area contributed by atoms with Crippen LogP contribution in [0.1, 0.15) is 52.0 Å². The monoisotopic (exact) mass is 658 g/mol. The second kappa shape index (κ2) is 17.2. The Balaban J connectivity index is 0.000000214. The summed E-state index contributed by atoms with van der Waals surface area (Å²) >= 11 is -1.50. The van der Waals surface area contributed by atoms with Gasteiger partial charge in [0.2, 0.25) is 11.6 Å². The highest BCUT2D eigenvalue weighted by atomic mass is 32.1. The van der Waals surface area contributed by atoms with Crippen LogP contribution in [-0.4, -0.2) is 62.3 Å². The van der Waals surface area contributed by atoms with Crippen LogP contribution in [0.5, 0.6) is 0 Å². The van der Waals surface area contributed by atoms with E-state index < -0.39 is 23.1 Å². The number of carbonyl (C=O) groups excluding carboxylic acids is 1. The van der Waals surface area contributed by atoms with Gasteiger partial charge in [-0.15, -0.1) is 10.2 Å². The van der Waals surface area contributed by atoms with Gasteiger partial charge in [0.1, 0.15) is 11.4 Å². The summed E-state index contributed by atoms with van der Waals surface area (Å²) in [6, 6.07) is 11.9. The Morgan fingerprint density at radius 3 is 1.52 bits per heavy atom. The number of carbonyl (C=O) groups is 1. The molecule has 6 heterocycles. The molecule has 0 aliphatic heterocycles. The first-order valence-corrected chi connectivity index (χ1v) is 15.1. The third-order valence-electron chi connectivity index (χ3n) is 6.52. The van der Waals surface area contributed by atoms with Crippen molar-refractivity contribution < 1.29 is 21.6 Å². The molecular formula is C31H30N8O5S2. The molecule has 13 nitrogen and oxygen atoms in total. The van der Waals surface area contributed by atoms with E-state index in [9.17, 15) is 4.79 Å². The van der Waals surface area contributed by atoms with E-state index >= 15 is 0 Å². The minimum absolute atomic E-state index is 0.574. The maximum absolute atomic E-state index is 10.8. The largest absolute Gasteiger partial charge is 0.335 e. The summed E-state index contributed by atoms with van der Waals surface area (Å²) in [7, 11) is 0. The highest BCUT2D eigenvalue weighted by molar-refractivity contribution is 7.51. The predicted octanol–water partition coefficient (Wildman–Crippen LogP) is 4.44.